The lowest BCUT2D eigenvalue weighted by molar-refractivity contribution is -0.191. The lowest BCUT2D eigenvalue weighted by Crippen LogP contribution is -2.28. The van der Waals surface area contributed by atoms with Crippen LogP contribution in [0.5, 0.6) is 5.75 Å². The number of benzene rings is 2. The average molecular weight is 352 g/mol. The van der Waals surface area contributed by atoms with Crippen molar-refractivity contribution in [3.8, 4) is 5.75 Å². The summed E-state index contributed by atoms with van der Waals surface area (Å²) >= 11 is 0. The number of esters is 1. The Bertz CT molecular complexity index is 804. The monoisotopic (exact) mass is 352 g/mol. The van der Waals surface area contributed by atoms with E-state index >= 15 is 0 Å². The van der Waals surface area contributed by atoms with Gasteiger partial charge in [0.1, 0.15) is 12.4 Å². The topological polar surface area (TPSA) is 69.7 Å². The molecule has 2 atom stereocenters. The molecule has 2 aromatic rings. The van der Waals surface area contributed by atoms with E-state index in [-0.39, 0.29) is 24.0 Å². The van der Waals surface area contributed by atoms with Crippen molar-refractivity contribution in [1.82, 2.24) is 0 Å². The summed E-state index contributed by atoms with van der Waals surface area (Å²) in [6.07, 6.45) is 2.36. The fourth-order valence-electron chi connectivity index (χ4n) is 3.13. The normalized spacial score (nSPS) is 17.6. The number of rotatable bonds is 3. The smallest absolute Gasteiger partial charge is 0.373 e. The molecule has 0 fully saturated rings. The van der Waals surface area contributed by atoms with Crippen molar-refractivity contribution >= 4 is 18.2 Å². The molecule has 0 saturated heterocycles. The zero-order chi connectivity index (χ0) is 18.9. The minimum absolute atomic E-state index is 0.0346. The lowest BCUT2D eigenvalue weighted by atomic mass is 9.79. The van der Waals surface area contributed by atoms with Crippen molar-refractivity contribution in [3.05, 3.63) is 71.3 Å². The van der Waals surface area contributed by atoms with Gasteiger partial charge >= 0.3 is 12.1 Å². The standard InChI is InChI=1S/C20H20O3.CO2/c1-14(20(21)22-2)19-16(12-15-8-4-3-5-9-15)13-23-18-11-7-6-10-17(18)19;2-1-3/h3-12,14,19H,13H2,1-2H3;. The third kappa shape index (κ3) is 4.47. The van der Waals surface area contributed by atoms with Crippen LogP contribution in [0, 0.1) is 5.92 Å². The summed E-state index contributed by atoms with van der Waals surface area (Å²) in [6, 6.07) is 18.0. The van der Waals surface area contributed by atoms with Gasteiger partial charge in [-0.2, -0.15) is 9.59 Å². The molecule has 3 rings (SSSR count). The van der Waals surface area contributed by atoms with Gasteiger partial charge in [-0.1, -0.05) is 61.5 Å². The molecule has 0 bridgehead atoms. The average Bonchev–Trinajstić information content (AvgIpc) is 2.68. The van der Waals surface area contributed by atoms with Crippen molar-refractivity contribution in [3.63, 3.8) is 0 Å². The zero-order valence-electron chi connectivity index (χ0n) is 14.7. The highest BCUT2D eigenvalue weighted by Gasteiger charge is 2.34. The minimum Gasteiger partial charge on any atom is -0.489 e. The van der Waals surface area contributed by atoms with Gasteiger partial charge in [-0.25, -0.2) is 0 Å². The van der Waals surface area contributed by atoms with E-state index in [0.29, 0.717) is 6.61 Å². The summed E-state index contributed by atoms with van der Waals surface area (Å²) in [5.41, 5.74) is 3.24. The number of fused-ring (bicyclic) bond motifs is 1. The molecule has 1 heterocycles. The van der Waals surface area contributed by atoms with Crippen molar-refractivity contribution in [2.24, 2.45) is 5.92 Å². The molecule has 26 heavy (non-hydrogen) atoms. The van der Waals surface area contributed by atoms with E-state index in [1.165, 1.54) is 7.11 Å². The molecule has 5 nitrogen and oxygen atoms in total. The van der Waals surface area contributed by atoms with Crippen LogP contribution in [0.3, 0.4) is 0 Å². The molecule has 134 valence electrons. The van der Waals surface area contributed by atoms with Gasteiger partial charge in [0.25, 0.3) is 0 Å². The summed E-state index contributed by atoms with van der Waals surface area (Å²) in [5, 5.41) is 0. The first kappa shape index (κ1) is 19.2. The Hall–Kier alpha value is -3.17. The number of carbonyl (C=O) groups excluding carboxylic acids is 3. The Morgan fingerprint density at radius 1 is 1.15 bits per heavy atom. The molecule has 0 saturated carbocycles. The largest absolute Gasteiger partial charge is 0.489 e. The van der Waals surface area contributed by atoms with E-state index < -0.39 is 0 Å². The van der Waals surface area contributed by atoms with Gasteiger partial charge in [-0.3, -0.25) is 4.79 Å². The first-order chi connectivity index (χ1) is 12.6. The molecule has 0 amide bonds. The van der Waals surface area contributed by atoms with E-state index in [2.05, 4.69) is 6.08 Å². The fraction of sp³-hybridized carbons (Fsp3) is 0.238. The number of methoxy groups -OCH3 is 1. The summed E-state index contributed by atoms with van der Waals surface area (Å²) in [4.78, 5) is 28.4. The lowest BCUT2D eigenvalue weighted by Gasteiger charge is -2.31. The summed E-state index contributed by atoms with van der Waals surface area (Å²) < 4.78 is 10.9. The quantitative estimate of drug-likeness (QED) is 0.791. The number of para-hydroxylation sites is 1. The van der Waals surface area contributed by atoms with Crippen LogP contribution in [-0.4, -0.2) is 25.8 Å². The molecular weight excluding hydrogens is 332 g/mol. The second-order valence-electron chi connectivity index (χ2n) is 5.83. The molecular formula is C21H20O5. The maximum Gasteiger partial charge on any atom is 0.373 e. The summed E-state index contributed by atoms with van der Waals surface area (Å²) in [6.45, 7) is 2.40. The molecule has 0 radical (unpaired) electrons. The van der Waals surface area contributed by atoms with E-state index in [0.717, 1.165) is 22.4 Å². The third-order valence-corrected chi connectivity index (χ3v) is 4.27. The minimum atomic E-state index is -0.264. The van der Waals surface area contributed by atoms with E-state index in [9.17, 15) is 4.79 Å². The van der Waals surface area contributed by atoms with Crippen LogP contribution >= 0.6 is 0 Å². The Labute approximate surface area is 152 Å². The molecule has 0 aromatic heterocycles. The van der Waals surface area contributed by atoms with Crippen LogP contribution in [0.1, 0.15) is 24.0 Å². The van der Waals surface area contributed by atoms with Gasteiger partial charge in [0.05, 0.1) is 13.0 Å². The van der Waals surface area contributed by atoms with E-state index in [1.54, 1.807) is 0 Å². The van der Waals surface area contributed by atoms with Gasteiger partial charge in [0, 0.05) is 11.5 Å². The third-order valence-electron chi connectivity index (χ3n) is 4.27. The number of hydrogen-bond donors (Lipinski definition) is 0. The molecule has 2 unspecified atom stereocenters. The highest BCUT2D eigenvalue weighted by molar-refractivity contribution is 5.75. The van der Waals surface area contributed by atoms with E-state index in [1.807, 2.05) is 61.5 Å². The summed E-state index contributed by atoms with van der Waals surface area (Å²) in [5.74, 6) is 0.344. The molecule has 1 aliphatic heterocycles. The van der Waals surface area contributed by atoms with Gasteiger partial charge in [0.15, 0.2) is 0 Å². The molecule has 5 heteroatoms. The first-order valence-electron chi connectivity index (χ1n) is 8.16. The predicted molar refractivity (Wildman–Crippen MR) is 95.3 cm³/mol. The molecule has 2 aromatic carbocycles. The highest BCUT2D eigenvalue weighted by atomic mass is 16.5. The van der Waals surface area contributed by atoms with Crippen LogP contribution in [-0.2, 0) is 19.1 Å². The van der Waals surface area contributed by atoms with Crippen LogP contribution in [0.15, 0.2) is 60.2 Å². The molecule has 0 N–H and O–H groups in total. The van der Waals surface area contributed by atoms with Crippen molar-refractivity contribution in [2.45, 2.75) is 12.8 Å². The maximum absolute atomic E-state index is 12.1. The van der Waals surface area contributed by atoms with Gasteiger partial charge in [-0.05, 0) is 17.2 Å². The number of hydrogen-bond acceptors (Lipinski definition) is 5. The van der Waals surface area contributed by atoms with Crippen LogP contribution in [0.4, 0.5) is 0 Å². The molecule has 1 aliphatic rings. The second kappa shape index (κ2) is 9.35. The van der Waals surface area contributed by atoms with Gasteiger partial charge in [0.2, 0.25) is 0 Å². The van der Waals surface area contributed by atoms with E-state index in [4.69, 9.17) is 19.1 Å². The van der Waals surface area contributed by atoms with Crippen LogP contribution < -0.4 is 4.74 Å². The second-order valence-corrected chi connectivity index (χ2v) is 5.83. The van der Waals surface area contributed by atoms with Crippen molar-refractivity contribution in [2.75, 3.05) is 13.7 Å². The Balaban J connectivity index is 0.000000758. The molecule has 0 spiro atoms. The summed E-state index contributed by atoms with van der Waals surface area (Å²) in [7, 11) is 1.44. The predicted octanol–water partition coefficient (Wildman–Crippen LogP) is 3.47. The van der Waals surface area contributed by atoms with Crippen LogP contribution in [0.25, 0.3) is 6.08 Å². The Morgan fingerprint density at radius 3 is 2.42 bits per heavy atom. The Kier molecular flexibility index (Phi) is 6.89. The van der Waals surface area contributed by atoms with Crippen molar-refractivity contribution < 1.29 is 23.9 Å². The first-order valence-corrected chi connectivity index (χ1v) is 8.16. The van der Waals surface area contributed by atoms with Gasteiger partial charge < -0.3 is 9.47 Å². The van der Waals surface area contributed by atoms with Gasteiger partial charge in [-0.15, -0.1) is 0 Å². The zero-order valence-corrected chi connectivity index (χ0v) is 14.7. The molecule has 0 aliphatic carbocycles. The maximum atomic E-state index is 12.1. The number of ether oxygens (including phenoxy) is 2. The Morgan fingerprint density at radius 2 is 1.77 bits per heavy atom. The van der Waals surface area contributed by atoms with Crippen LogP contribution in [0.2, 0.25) is 0 Å². The highest BCUT2D eigenvalue weighted by Crippen LogP contribution is 2.42. The van der Waals surface area contributed by atoms with Crippen molar-refractivity contribution in [1.29, 1.82) is 0 Å². The fourth-order valence-corrected chi connectivity index (χ4v) is 3.13. The SMILES string of the molecule is COC(=O)C(C)C1C(=Cc2ccccc2)COc2ccccc21.O=C=O. The number of carbonyl (C=O) groups is 1.